The van der Waals surface area contributed by atoms with Gasteiger partial charge in [-0.1, -0.05) is 6.07 Å². The second kappa shape index (κ2) is 8.68. The van der Waals surface area contributed by atoms with Crippen molar-refractivity contribution in [1.29, 1.82) is 0 Å². The highest BCUT2D eigenvalue weighted by atomic mass is 16.7. The van der Waals surface area contributed by atoms with Crippen molar-refractivity contribution in [3.8, 4) is 11.5 Å². The van der Waals surface area contributed by atoms with Crippen molar-refractivity contribution in [3.63, 3.8) is 0 Å². The molecule has 0 saturated carbocycles. The van der Waals surface area contributed by atoms with Crippen molar-refractivity contribution >= 4 is 23.3 Å². The van der Waals surface area contributed by atoms with E-state index < -0.39 is 22.9 Å². The number of ether oxygens (including phenoxy) is 3. The summed E-state index contributed by atoms with van der Waals surface area (Å²) in [6.45, 7) is 1.79. The van der Waals surface area contributed by atoms with Gasteiger partial charge in [-0.3, -0.25) is 14.9 Å². The molecular formula is C20H21N3O7. The summed E-state index contributed by atoms with van der Waals surface area (Å²) in [5.74, 6) is -0.0830. The van der Waals surface area contributed by atoms with Gasteiger partial charge in [-0.05, 0) is 36.8 Å². The molecule has 0 aliphatic carbocycles. The zero-order chi connectivity index (χ0) is 21.8. The zero-order valence-electron chi connectivity index (χ0n) is 16.7. The van der Waals surface area contributed by atoms with E-state index in [-0.39, 0.29) is 24.6 Å². The summed E-state index contributed by atoms with van der Waals surface area (Å²) in [6.07, 6.45) is -1.08. The first-order valence-corrected chi connectivity index (χ1v) is 9.09. The maximum atomic E-state index is 12.3. The standard InChI is InChI=1S/C20H21N3O7/c1-12(19(24)21-10-13-4-7-17-18(8-13)29-11-28-17)30-20(25)14-5-6-15(22(2)3)16(9-14)23(26)27/h4-9,12H,10-11H2,1-3H3,(H,21,24)/t12-/m1/s1. The van der Waals surface area contributed by atoms with Crippen molar-refractivity contribution in [1.82, 2.24) is 5.32 Å². The third-order valence-corrected chi connectivity index (χ3v) is 4.45. The molecule has 10 nitrogen and oxygen atoms in total. The van der Waals surface area contributed by atoms with Gasteiger partial charge in [0.25, 0.3) is 11.6 Å². The first-order chi connectivity index (χ1) is 14.3. The van der Waals surface area contributed by atoms with Crippen LogP contribution in [-0.4, -0.2) is 43.8 Å². The lowest BCUT2D eigenvalue weighted by Gasteiger charge is -2.15. The number of carbonyl (C=O) groups excluding carboxylic acids is 2. The van der Waals surface area contributed by atoms with Gasteiger partial charge in [0.2, 0.25) is 6.79 Å². The number of nitro benzene ring substituents is 1. The maximum absolute atomic E-state index is 12.3. The molecule has 0 fully saturated rings. The molecule has 0 unspecified atom stereocenters. The molecular weight excluding hydrogens is 394 g/mol. The number of amides is 1. The Hall–Kier alpha value is -3.82. The predicted octanol–water partition coefficient (Wildman–Crippen LogP) is 2.25. The number of carbonyl (C=O) groups is 2. The van der Waals surface area contributed by atoms with Crippen molar-refractivity contribution in [2.75, 3.05) is 25.8 Å². The number of hydrogen-bond donors (Lipinski definition) is 1. The van der Waals surface area contributed by atoms with Crippen LogP contribution in [0.4, 0.5) is 11.4 Å². The van der Waals surface area contributed by atoms with Gasteiger partial charge in [0.15, 0.2) is 17.6 Å². The van der Waals surface area contributed by atoms with Crippen molar-refractivity contribution in [3.05, 3.63) is 57.6 Å². The molecule has 1 heterocycles. The zero-order valence-corrected chi connectivity index (χ0v) is 16.7. The second-order valence-electron chi connectivity index (χ2n) is 6.81. The third kappa shape index (κ3) is 4.59. The fourth-order valence-corrected chi connectivity index (χ4v) is 2.84. The minimum absolute atomic E-state index is 0.0114. The Morgan fingerprint density at radius 2 is 1.93 bits per heavy atom. The fraction of sp³-hybridized carbons (Fsp3) is 0.300. The Kier molecular flexibility index (Phi) is 6.05. The number of anilines is 1. The summed E-state index contributed by atoms with van der Waals surface area (Å²) in [4.78, 5) is 36.9. The lowest BCUT2D eigenvalue weighted by molar-refractivity contribution is -0.384. The molecule has 2 aromatic carbocycles. The van der Waals surface area contributed by atoms with Crippen LogP contribution in [0.25, 0.3) is 0 Å². The molecule has 10 heteroatoms. The third-order valence-electron chi connectivity index (χ3n) is 4.45. The highest BCUT2D eigenvalue weighted by molar-refractivity contribution is 5.93. The molecule has 0 aromatic heterocycles. The summed E-state index contributed by atoms with van der Waals surface area (Å²) in [7, 11) is 3.32. The number of nitrogens with one attached hydrogen (secondary N) is 1. The van der Waals surface area contributed by atoms with E-state index >= 15 is 0 Å². The highest BCUT2D eigenvalue weighted by Crippen LogP contribution is 2.32. The number of rotatable bonds is 7. The molecule has 158 valence electrons. The molecule has 1 aliphatic rings. The van der Waals surface area contributed by atoms with E-state index in [9.17, 15) is 19.7 Å². The second-order valence-corrected chi connectivity index (χ2v) is 6.81. The Morgan fingerprint density at radius 3 is 2.63 bits per heavy atom. The predicted molar refractivity (Wildman–Crippen MR) is 107 cm³/mol. The molecule has 0 saturated heterocycles. The van der Waals surface area contributed by atoms with Crippen LogP contribution in [0.1, 0.15) is 22.8 Å². The van der Waals surface area contributed by atoms with Gasteiger partial charge in [-0.15, -0.1) is 0 Å². The van der Waals surface area contributed by atoms with E-state index in [0.717, 1.165) is 11.6 Å². The number of benzene rings is 2. The molecule has 0 radical (unpaired) electrons. The van der Waals surface area contributed by atoms with Crippen LogP contribution < -0.4 is 19.7 Å². The molecule has 2 aromatic rings. The fourth-order valence-electron chi connectivity index (χ4n) is 2.84. The van der Waals surface area contributed by atoms with E-state index in [1.165, 1.54) is 19.1 Å². The summed E-state index contributed by atoms with van der Waals surface area (Å²) in [5.41, 5.74) is 0.907. The average molecular weight is 415 g/mol. The molecule has 3 rings (SSSR count). The first kappa shape index (κ1) is 20.9. The van der Waals surface area contributed by atoms with Gasteiger partial charge in [-0.25, -0.2) is 4.79 Å². The van der Waals surface area contributed by atoms with Crippen molar-refractivity contribution in [2.45, 2.75) is 19.6 Å². The van der Waals surface area contributed by atoms with E-state index in [4.69, 9.17) is 14.2 Å². The maximum Gasteiger partial charge on any atom is 0.339 e. The van der Waals surface area contributed by atoms with Crippen LogP contribution in [0.5, 0.6) is 11.5 Å². The van der Waals surface area contributed by atoms with Crippen LogP contribution in [-0.2, 0) is 16.1 Å². The van der Waals surface area contributed by atoms with Crippen molar-refractivity contribution in [2.24, 2.45) is 0 Å². The lowest BCUT2D eigenvalue weighted by Crippen LogP contribution is -2.35. The van der Waals surface area contributed by atoms with Gasteiger partial charge in [0.1, 0.15) is 5.69 Å². The summed E-state index contributed by atoms with van der Waals surface area (Å²) < 4.78 is 15.7. The van der Waals surface area contributed by atoms with Crippen molar-refractivity contribution < 1.29 is 28.7 Å². The first-order valence-electron chi connectivity index (χ1n) is 9.09. The Balaban J connectivity index is 1.60. The lowest BCUT2D eigenvalue weighted by atomic mass is 10.1. The smallest absolute Gasteiger partial charge is 0.339 e. The topological polar surface area (TPSA) is 120 Å². The highest BCUT2D eigenvalue weighted by Gasteiger charge is 2.23. The van der Waals surface area contributed by atoms with Gasteiger partial charge >= 0.3 is 5.97 Å². The van der Waals surface area contributed by atoms with Gasteiger partial charge < -0.3 is 24.4 Å². The van der Waals surface area contributed by atoms with Crippen LogP contribution >= 0.6 is 0 Å². The molecule has 1 amide bonds. The Labute approximate surface area is 172 Å². The average Bonchev–Trinajstić information content (AvgIpc) is 3.19. The molecule has 0 bridgehead atoms. The van der Waals surface area contributed by atoms with Gasteiger partial charge in [0, 0.05) is 26.7 Å². The minimum atomic E-state index is -1.08. The number of esters is 1. The molecule has 1 atom stereocenters. The number of fused-ring (bicyclic) bond motifs is 1. The number of hydrogen-bond acceptors (Lipinski definition) is 8. The van der Waals surface area contributed by atoms with E-state index in [1.807, 2.05) is 0 Å². The summed E-state index contributed by atoms with van der Waals surface area (Å²) >= 11 is 0. The monoisotopic (exact) mass is 415 g/mol. The number of nitro groups is 1. The summed E-state index contributed by atoms with van der Waals surface area (Å²) in [5, 5.41) is 13.9. The molecule has 0 spiro atoms. The van der Waals surface area contributed by atoms with Crippen LogP contribution in [0.2, 0.25) is 0 Å². The molecule has 1 aliphatic heterocycles. The SMILES string of the molecule is C[C@@H](OC(=O)c1ccc(N(C)C)c([N+](=O)[O-])c1)C(=O)NCc1ccc2c(c1)OCO2. The van der Waals surface area contributed by atoms with E-state index in [0.29, 0.717) is 17.2 Å². The normalized spacial score (nSPS) is 12.8. The Bertz CT molecular complexity index is 990. The van der Waals surface area contributed by atoms with Gasteiger partial charge in [-0.2, -0.15) is 0 Å². The summed E-state index contributed by atoms with van der Waals surface area (Å²) in [6, 6.07) is 9.30. The number of nitrogens with zero attached hydrogens (tertiary/aromatic N) is 2. The van der Waals surface area contributed by atoms with Crippen LogP contribution in [0, 0.1) is 10.1 Å². The largest absolute Gasteiger partial charge is 0.454 e. The quantitative estimate of drug-likeness (QED) is 0.415. The Morgan fingerprint density at radius 1 is 1.20 bits per heavy atom. The van der Waals surface area contributed by atoms with Gasteiger partial charge in [0.05, 0.1) is 10.5 Å². The molecule has 1 N–H and O–H groups in total. The van der Waals surface area contributed by atoms with Crippen LogP contribution in [0.15, 0.2) is 36.4 Å². The van der Waals surface area contributed by atoms with Crippen LogP contribution in [0.3, 0.4) is 0 Å². The van der Waals surface area contributed by atoms with E-state index in [1.54, 1.807) is 37.2 Å². The molecule has 30 heavy (non-hydrogen) atoms. The minimum Gasteiger partial charge on any atom is -0.454 e. The van der Waals surface area contributed by atoms with E-state index in [2.05, 4.69) is 5.32 Å².